The first-order valence-corrected chi connectivity index (χ1v) is 12.0. The number of rotatable bonds is 11. The lowest BCUT2D eigenvalue weighted by Gasteiger charge is -2.00. The lowest BCUT2D eigenvalue weighted by molar-refractivity contribution is -0.698. The zero-order chi connectivity index (χ0) is 23.3. The lowest BCUT2D eigenvalue weighted by atomic mass is 10.2. The first-order chi connectivity index (χ1) is 16.8. The van der Waals surface area contributed by atoms with E-state index in [1.165, 1.54) is 25.7 Å². The molecule has 0 atom stereocenters. The van der Waals surface area contributed by atoms with E-state index in [-0.39, 0.29) is 0 Å². The van der Waals surface area contributed by atoms with Gasteiger partial charge in [-0.3, -0.25) is 9.98 Å². The van der Waals surface area contributed by atoms with Crippen molar-refractivity contribution in [2.45, 2.75) is 38.8 Å². The third kappa shape index (κ3) is 7.89. The number of aryl methyl sites for hydroxylation is 2. The van der Waals surface area contributed by atoms with Crippen LogP contribution in [0.2, 0.25) is 0 Å². The molecule has 0 aliphatic carbocycles. The molecule has 0 amide bonds. The van der Waals surface area contributed by atoms with E-state index < -0.39 is 0 Å². The molecular formula is C30H32N4+2. The van der Waals surface area contributed by atoms with Crippen LogP contribution < -0.4 is 9.13 Å². The van der Waals surface area contributed by atoms with E-state index in [0.29, 0.717) is 0 Å². The second-order valence-corrected chi connectivity index (χ2v) is 8.34. The average molecular weight is 449 g/mol. The Hall–Kier alpha value is -3.92. The minimum absolute atomic E-state index is 0.980. The molecule has 0 fully saturated rings. The van der Waals surface area contributed by atoms with Crippen LogP contribution in [0.3, 0.4) is 0 Å². The molecule has 0 aliphatic heterocycles. The van der Waals surface area contributed by atoms with Gasteiger partial charge in [-0.1, -0.05) is 60.7 Å². The first kappa shape index (κ1) is 23.2. The van der Waals surface area contributed by atoms with E-state index in [2.05, 4.69) is 92.4 Å². The molecule has 2 aromatic carbocycles. The average Bonchev–Trinajstić information content (AvgIpc) is 2.91. The fourth-order valence-corrected chi connectivity index (χ4v) is 3.69. The van der Waals surface area contributed by atoms with Crippen molar-refractivity contribution >= 4 is 23.8 Å². The van der Waals surface area contributed by atoms with Gasteiger partial charge in [0.1, 0.15) is 13.1 Å². The third-order valence-electron chi connectivity index (χ3n) is 5.65. The number of pyridine rings is 2. The molecule has 170 valence electrons. The van der Waals surface area contributed by atoms with Crippen molar-refractivity contribution < 1.29 is 9.13 Å². The van der Waals surface area contributed by atoms with Gasteiger partial charge >= 0.3 is 0 Å². The van der Waals surface area contributed by atoms with Gasteiger partial charge in [0.25, 0.3) is 0 Å². The Balaban J connectivity index is 1.12. The second kappa shape index (κ2) is 12.9. The number of hydrogen-bond acceptors (Lipinski definition) is 2. The topological polar surface area (TPSA) is 32.5 Å². The van der Waals surface area contributed by atoms with Gasteiger partial charge in [0.15, 0.2) is 24.8 Å². The van der Waals surface area contributed by atoms with E-state index in [4.69, 9.17) is 0 Å². The lowest BCUT2D eigenvalue weighted by Crippen LogP contribution is -2.33. The first-order valence-electron chi connectivity index (χ1n) is 12.0. The molecule has 4 nitrogen and oxygen atoms in total. The summed E-state index contributed by atoms with van der Waals surface area (Å²) in [6.07, 6.45) is 17.1. The second-order valence-electron chi connectivity index (χ2n) is 8.34. The van der Waals surface area contributed by atoms with E-state index in [1.807, 2.05) is 48.8 Å². The fraction of sp³-hybridized carbons (Fsp3) is 0.200. The maximum atomic E-state index is 4.55. The molecule has 0 N–H and O–H groups in total. The molecule has 0 unspecified atom stereocenters. The summed E-state index contributed by atoms with van der Waals surface area (Å²) < 4.78 is 4.48. The number of nitrogens with zero attached hydrogens (tertiary/aromatic N) is 4. The smallest absolute Gasteiger partial charge is 0.170 e. The molecule has 2 heterocycles. The van der Waals surface area contributed by atoms with Gasteiger partial charge in [-0.2, -0.15) is 0 Å². The predicted octanol–water partition coefficient (Wildman–Crippen LogP) is 6.02. The standard InChI is InChI=1S/C30H32N4/c1(9-19-33-21-15-29(16-22-33)31-25-27-11-5-3-6-12-27)2-10-20-34-23-17-30(18-24-34)32-26-28-13-7-4-8-14-28/h3-8,11-18,21-26H,1-2,9-10,19-20H2/q+2. The van der Waals surface area contributed by atoms with E-state index in [1.54, 1.807) is 0 Å². The van der Waals surface area contributed by atoms with Gasteiger partial charge in [0, 0.05) is 49.5 Å². The van der Waals surface area contributed by atoms with Crippen molar-refractivity contribution in [2.24, 2.45) is 9.98 Å². The highest BCUT2D eigenvalue weighted by molar-refractivity contribution is 5.82. The van der Waals surface area contributed by atoms with Gasteiger partial charge in [-0.05, 0) is 24.0 Å². The van der Waals surface area contributed by atoms with Crippen LogP contribution in [-0.4, -0.2) is 12.4 Å². The number of hydrogen-bond donors (Lipinski definition) is 0. The van der Waals surface area contributed by atoms with Gasteiger partial charge in [-0.25, -0.2) is 9.13 Å². The maximum absolute atomic E-state index is 4.55. The minimum atomic E-state index is 0.980. The Morgan fingerprint density at radius 1 is 0.471 bits per heavy atom. The van der Waals surface area contributed by atoms with Gasteiger partial charge in [0.05, 0.1) is 11.4 Å². The molecule has 2 aromatic heterocycles. The maximum Gasteiger partial charge on any atom is 0.170 e. The highest BCUT2D eigenvalue weighted by Crippen LogP contribution is 2.10. The van der Waals surface area contributed by atoms with Crippen molar-refractivity contribution in [3.63, 3.8) is 0 Å². The zero-order valence-corrected chi connectivity index (χ0v) is 19.6. The van der Waals surface area contributed by atoms with Gasteiger partial charge < -0.3 is 0 Å². The molecule has 0 spiro atoms. The van der Waals surface area contributed by atoms with Gasteiger partial charge in [-0.15, -0.1) is 0 Å². The molecule has 4 heteroatoms. The number of aliphatic imine (C=N–C) groups is 2. The monoisotopic (exact) mass is 448 g/mol. The summed E-state index contributed by atoms with van der Waals surface area (Å²) in [5, 5.41) is 0. The molecular weight excluding hydrogens is 416 g/mol. The van der Waals surface area contributed by atoms with Crippen LogP contribution in [0.5, 0.6) is 0 Å². The Morgan fingerprint density at radius 3 is 1.24 bits per heavy atom. The Morgan fingerprint density at radius 2 is 0.853 bits per heavy atom. The van der Waals surface area contributed by atoms with Crippen molar-refractivity contribution in [3.8, 4) is 0 Å². The van der Waals surface area contributed by atoms with Crippen LogP contribution in [0.25, 0.3) is 0 Å². The van der Waals surface area contributed by atoms with E-state index in [0.717, 1.165) is 35.6 Å². The molecule has 0 saturated heterocycles. The van der Waals surface area contributed by atoms with Crippen molar-refractivity contribution in [2.75, 3.05) is 0 Å². The molecule has 4 aromatic rings. The van der Waals surface area contributed by atoms with Crippen LogP contribution in [0.4, 0.5) is 11.4 Å². The Bertz CT molecular complexity index is 1070. The van der Waals surface area contributed by atoms with Crippen LogP contribution in [0, 0.1) is 0 Å². The van der Waals surface area contributed by atoms with Crippen LogP contribution in [0.1, 0.15) is 36.8 Å². The Labute approximate surface area is 202 Å². The quantitative estimate of drug-likeness (QED) is 0.153. The summed E-state index contributed by atoms with van der Waals surface area (Å²) in [5.41, 5.74) is 4.19. The Kier molecular flexibility index (Phi) is 8.85. The third-order valence-corrected chi connectivity index (χ3v) is 5.65. The van der Waals surface area contributed by atoms with Crippen LogP contribution >= 0.6 is 0 Å². The van der Waals surface area contributed by atoms with Crippen molar-refractivity contribution in [1.82, 2.24) is 0 Å². The largest absolute Gasteiger partial charge is 0.256 e. The van der Waals surface area contributed by atoms with Gasteiger partial charge in [0.2, 0.25) is 0 Å². The SMILES string of the molecule is C(=Nc1cc[n+](CCCCCC[n+]2ccc(N=Cc3ccccc3)cc2)cc1)c1ccccc1. The normalized spacial score (nSPS) is 11.4. The molecule has 0 saturated carbocycles. The fourth-order valence-electron chi connectivity index (χ4n) is 3.69. The number of unbranched alkanes of at least 4 members (excludes halogenated alkanes) is 3. The summed E-state index contributed by atoms with van der Waals surface area (Å²) in [5.74, 6) is 0. The molecule has 0 bridgehead atoms. The predicted molar refractivity (Wildman–Crippen MR) is 139 cm³/mol. The van der Waals surface area contributed by atoms with Crippen LogP contribution in [0.15, 0.2) is 120 Å². The van der Waals surface area contributed by atoms with E-state index in [9.17, 15) is 0 Å². The zero-order valence-electron chi connectivity index (χ0n) is 19.6. The summed E-state index contributed by atoms with van der Waals surface area (Å²) in [6, 6.07) is 28.7. The minimum Gasteiger partial charge on any atom is -0.256 e. The molecule has 4 rings (SSSR count). The van der Waals surface area contributed by atoms with Crippen LogP contribution in [-0.2, 0) is 13.1 Å². The highest BCUT2D eigenvalue weighted by Gasteiger charge is 2.03. The summed E-state index contributed by atoms with van der Waals surface area (Å²) in [4.78, 5) is 9.10. The summed E-state index contributed by atoms with van der Waals surface area (Å²) >= 11 is 0. The molecule has 34 heavy (non-hydrogen) atoms. The summed E-state index contributed by atoms with van der Waals surface area (Å²) in [6.45, 7) is 2.09. The van der Waals surface area contributed by atoms with Crippen molar-refractivity contribution in [1.29, 1.82) is 0 Å². The van der Waals surface area contributed by atoms with Crippen molar-refractivity contribution in [3.05, 3.63) is 121 Å². The van der Waals surface area contributed by atoms with E-state index >= 15 is 0 Å². The highest BCUT2D eigenvalue weighted by atomic mass is 14.9. The molecule has 0 radical (unpaired) electrons. The molecule has 0 aliphatic rings. The number of benzene rings is 2. The number of aromatic nitrogens is 2. The summed E-state index contributed by atoms with van der Waals surface area (Å²) in [7, 11) is 0.